The molecule has 0 aliphatic carbocycles. The van der Waals surface area contributed by atoms with Gasteiger partial charge in [-0.25, -0.2) is 0 Å². The molecule has 0 saturated carbocycles. The van der Waals surface area contributed by atoms with E-state index in [4.69, 9.17) is 0 Å². The van der Waals surface area contributed by atoms with Crippen molar-refractivity contribution < 1.29 is 4.79 Å². The molecule has 70 valence electrons. The summed E-state index contributed by atoms with van der Waals surface area (Å²) in [5.74, 6) is 0.292. The van der Waals surface area contributed by atoms with Crippen molar-refractivity contribution in [3.63, 3.8) is 0 Å². The van der Waals surface area contributed by atoms with Gasteiger partial charge in [-0.2, -0.15) is 0 Å². The van der Waals surface area contributed by atoms with E-state index in [1.54, 1.807) is 0 Å². The van der Waals surface area contributed by atoms with Crippen LogP contribution in [0, 0.1) is 0 Å². The first-order valence-electron chi connectivity index (χ1n) is 4.76. The second-order valence-electron chi connectivity index (χ2n) is 3.47. The zero-order valence-corrected chi connectivity index (χ0v) is 7.62. The van der Waals surface area contributed by atoms with E-state index in [0.29, 0.717) is 5.91 Å². The summed E-state index contributed by atoms with van der Waals surface area (Å²) in [6, 6.07) is 3.98. The van der Waals surface area contributed by atoms with Gasteiger partial charge >= 0.3 is 0 Å². The number of carbonyl (C=O) groups is 1. The lowest BCUT2D eigenvalue weighted by molar-refractivity contribution is -0.133. The molecule has 0 aromatic carbocycles. The number of nitrogens with zero attached hydrogens (tertiary/aromatic N) is 1. The predicted molar refractivity (Wildman–Crippen MR) is 50.1 cm³/mol. The van der Waals surface area contributed by atoms with Crippen molar-refractivity contribution >= 4 is 5.91 Å². The Labute approximate surface area is 77.7 Å². The van der Waals surface area contributed by atoms with Crippen LogP contribution in [-0.4, -0.2) is 22.3 Å². The number of nitrogens with one attached hydrogen (secondary N) is 1. The Morgan fingerprint density at radius 1 is 1.46 bits per heavy atom. The van der Waals surface area contributed by atoms with Gasteiger partial charge in [0.05, 0.1) is 6.54 Å². The van der Waals surface area contributed by atoms with Crippen LogP contribution < -0.4 is 0 Å². The molecule has 1 aliphatic rings. The van der Waals surface area contributed by atoms with Crippen LogP contribution in [0.5, 0.6) is 0 Å². The van der Waals surface area contributed by atoms with Gasteiger partial charge in [0.2, 0.25) is 5.91 Å². The molecule has 0 radical (unpaired) electrons. The summed E-state index contributed by atoms with van der Waals surface area (Å²) in [6.07, 6.45) is 4.82. The molecule has 1 amide bonds. The van der Waals surface area contributed by atoms with Crippen LogP contribution in [0.15, 0.2) is 18.3 Å². The van der Waals surface area contributed by atoms with E-state index in [1.165, 1.54) is 0 Å². The molecule has 0 bridgehead atoms. The van der Waals surface area contributed by atoms with E-state index in [-0.39, 0.29) is 0 Å². The largest absolute Gasteiger partial charge is 0.364 e. The van der Waals surface area contributed by atoms with E-state index in [0.717, 1.165) is 38.0 Å². The standard InChI is InChI=1S/C10H14N2O/c13-10-5-1-2-7-12(10)8-9-4-3-6-11-9/h3-4,6,11H,1-2,5,7-8H2. The molecule has 0 spiro atoms. The highest BCUT2D eigenvalue weighted by atomic mass is 16.2. The summed E-state index contributed by atoms with van der Waals surface area (Å²) in [5, 5.41) is 0. The lowest BCUT2D eigenvalue weighted by Crippen LogP contribution is -2.34. The number of piperidine rings is 1. The highest BCUT2D eigenvalue weighted by molar-refractivity contribution is 5.76. The lowest BCUT2D eigenvalue weighted by Gasteiger charge is -2.26. The van der Waals surface area contributed by atoms with Crippen LogP contribution in [0.1, 0.15) is 25.0 Å². The van der Waals surface area contributed by atoms with Crippen molar-refractivity contribution in [1.82, 2.24) is 9.88 Å². The minimum absolute atomic E-state index is 0.292. The van der Waals surface area contributed by atoms with Gasteiger partial charge in [-0.05, 0) is 25.0 Å². The first-order chi connectivity index (χ1) is 6.36. The fourth-order valence-corrected chi connectivity index (χ4v) is 1.70. The normalized spacial score (nSPS) is 17.8. The maximum atomic E-state index is 11.4. The van der Waals surface area contributed by atoms with Gasteiger partial charge in [0.25, 0.3) is 0 Å². The number of carbonyl (C=O) groups excluding carboxylic acids is 1. The predicted octanol–water partition coefficient (Wildman–Crippen LogP) is 1.53. The van der Waals surface area contributed by atoms with Gasteiger partial charge in [-0.3, -0.25) is 4.79 Å². The fraction of sp³-hybridized carbons (Fsp3) is 0.500. The Hall–Kier alpha value is -1.25. The van der Waals surface area contributed by atoms with Crippen molar-refractivity contribution in [3.05, 3.63) is 24.0 Å². The Balaban J connectivity index is 1.97. The molecule has 0 atom stereocenters. The number of aromatic amines is 1. The Morgan fingerprint density at radius 3 is 3.08 bits per heavy atom. The van der Waals surface area contributed by atoms with Gasteiger partial charge < -0.3 is 9.88 Å². The summed E-state index contributed by atoms with van der Waals surface area (Å²) in [6.45, 7) is 1.66. The number of hydrogen-bond acceptors (Lipinski definition) is 1. The maximum Gasteiger partial charge on any atom is 0.222 e. The molecule has 3 heteroatoms. The third kappa shape index (κ3) is 1.91. The average Bonchev–Trinajstić information content (AvgIpc) is 2.61. The number of aromatic nitrogens is 1. The van der Waals surface area contributed by atoms with Crippen molar-refractivity contribution in [2.75, 3.05) is 6.54 Å². The monoisotopic (exact) mass is 178 g/mol. The molecule has 1 aromatic rings. The maximum absolute atomic E-state index is 11.4. The van der Waals surface area contributed by atoms with Gasteiger partial charge in [-0.15, -0.1) is 0 Å². The zero-order valence-electron chi connectivity index (χ0n) is 7.62. The number of amides is 1. The summed E-state index contributed by atoms with van der Waals surface area (Å²) in [4.78, 5) is 16.5. The second kappa shape index (κ2) is 3.64. The smallest absolute Gasteiger partial charge is 0.222 e. The molecule has 3 nitrogen and oxygen atoms in total. The summed E-state index contributed by atoms with van der Waals surface area (Å²) >= 11 is 0. The number of hydrogen-bond donors (Lipinski definition) is 1. The molecule has 2 rings (SSSR count). The van der Waals surface area contributed by atoms with Crippen molar-refractivity contribution in [2.45, 2.75) is 25.8 Å². The van der Waals surface area contributed by atoms with Crippen LogP contribution in [0.4, 0.5) is 0 Å². The van der Waals surface area contributed by atoms with Crippen LogP contribution in [0.3, 0.4) is 0 Å². The summed E-state index contributed by atoms with van der Waals surface area (Å²) in [5.41, 5.74) is 1.12. The van der Waals surface area contributed by atoms with Gasteiger partial charge in [0.15, 0.2) is 0 Å². The molecule has 1 aliphatic heterocycles. The molecule has 1 aromatic heterocycles. The van der Waals surface area contributed by atoms with Crippen LogP contribution in [-0.2, 0) is 11.3 Å². The highest BCUT2D eigenvalue weighted by Crippen LogP contribution is 2.13. The number of rotatable bonds is 2. The third-order valence-corrected chi connectivity index (χ3v) is 2.44. The molecular formula is C10H14N2O. The molecule has 13 heavy (non-hydrogen) atoms. The Bertz CT molecular complexity index is 279. The lowest BCUT2D eigenvalue weighted by atomic mass is 10.1. The van der Waals surface area contributed by atoms with Crippen molar-refractivity contribution in [3.8, 4) is 0 Å². The molecule has 1 saturated heterocycles. The first kappa shape index (κ1) is 8.35. The van der Waals surface area contributed by atoms with E-state index in [2.05, 4.69) is 4.98 Å². The third-order valence-electron chi connectivity index (χ3n) is 2.44. The van der Waals surface area contributed by atoms with Crippen LogP contribution in [0.2, 0.25) is 0 Å². The average molecular weight is 178 g/mol. The SMILES string of the molecule is O=C1CCCCN1Cc1ccc[nH]1. The molecule has 2 heterocycles. The minimum Gasteiger partial charge on any atom is -0.364 e. The van der Waals surface area contributed by atoms with E-state index >= 15 is 0 Å². The van der Waals surface area contributed by atoms with E-state index < -0.39 is 0 Å². The molecule has 1 N–H and O–H groups in total. The minimum atomic E-state index is 0.292. The molecular weight excluding hydrogens is 164 g/mol. The second-order valence-corrected chi connectivity index (χ2v) is 3.47. The topological polar surface area (TPSA) is 36.1 Å². The van der Waals surface area contributed by atoms with Crippen LogP contribution in [0.25, 0.3) is 0 Å². The quantitative estimate of drug-likeness (QED) is 0.732. The summed E-state index contributed by atoms with van der Waals surface area (Å²) < 4.78 is 0. The Kier molecular flexibility index (Phi) is 2.34. The van der Waals surface area contributed by atoms with Crippen molar-refractivity contribution in [2.24, 2.45) is 0 Å². The van der Waals surface area contributed by atoms with Gasteiger partial charge in [0.1, 0.15) is 0 Å². The van der Waals surface area contributed by atoms with Gasteiger partial charge in [-0.1, -0.05) is 0 Å². The highest BCUT2D eigenvalue weighted by Gasteiger charge is 2.17. The molecule has 0 unspecified atom stereocenters. The fourth-order valence-electron chi connectivity index (χ4n) is 1.70. The van der Waals surface area contributed by atoms with Crippen LogP contribution >= 0.6 is 0 Å². The number of H-pyrrole nitrogens is 1. The van der Waals surface area contributed by atoms with E-state index in [9.17, 15) is 4.79 Å². The van der Waals surface area contributed by atoms with Crippen molar-refractivity contribution in [1.29, 1.82) is 0 Å². The van der Waals surface area contributed by atoms with Gasteiger partial charge in [0, 0.05) is 24.9 Å². The zero-order chi connectivity index (χ0) is 9.10. The van der Waals surface area contributed by atoms with E-state index in [1.807, 2.05) is 23.2 Å². The first-order valence-corrected chi connectivity index (χ1v) is 4.76. The Morgan fingerprint density at radius 2 is 2.38 bits per heavy atom. The number of likely N-dealkylation sites (tertiary alicyclic amines) is 1. The molecule has 1 fully saturated rings. The summed E-state index contributed by atoms with van der Waals surface area (Å²) in [7, 11) is 0.